The zero-order valence-corrected chi connectivity index (χ0v) is 22.7. The number of benzene rings is 2. The standard InChI is InChI=1S/C30H32N4O3S/c1-30(2)12-15-34(19-30)29(36)25-17-22(28(35)33-13-6-3-7-14-33)21-16-20(10-11-23(21)31-25)37-18-27-32-24-8-4-5-9-26(24)38-27/h4-5,8-11,16-17H,3,6-7,12-15,18-19H2,1-2H3. The average Bonchev–Trinajstić information content (AvgIpc) is 3.53. The molecule has 8 heteroatoms. The number of aromatic nitrogens is 2. The van der Waals surface area contributed by atoms with Crippen LogP contribution in [0.25, 0.3) is 21.1 Å². The van der Waals surface area contributed by atoms with E-state index in [-0.39, 0.29) is 17.2 Å². The highest BCUT2D eigenvalue weighted by Crippen LogP contribution is 2.31. The highest BCUT2D eigenvalue weighted by molar-refractivity contribution is 7.18. The number of likely N-dealkylation sites (tertiary alicyclic amines) is 2. The number of nitrogens with zero attached hydrogens (tertiary/aromatic N) is 4. The minimum absolute atomic E-state index is 0.0452. The van der Waals surface area contributed by atoms with Crippen molar-refractivity contribution in [1.82, 2.24) is 19.8 Å². The topological polar surface area (TPSA) is 75.6 Å². The van der Waals surface area contributed by atoms with Crippen molar-refractivity contribution in [3.8, 4) is 5.75 Å². The van der Waals surface area contributed by atoms with Crippen LogP contribution >= 0.6 is 11.3 Å². The van der Waals surface area contributed by atoms with E-state index in [0.717, 1.165) is 54.0 Å². The van der Waals surface area contributed by atoms with E-state index in [1.54, 1.807) is 17.4 Å². The molecule has 4 aromatic rings. The van der Waals surface area contributed by atoms with Crippen molar-refractivity contribution < 1.29 is 14.3 Å². The smallest absolute Gasteiger partial charge is 0.272 e. The lowest BCUT2D eigenvalue weighted by Crippen LogP contribution is -2.36. The lowest BCUT2D eigenvalue weighted by Gasteiger charge is -2.27. The molecule has 0 aliphatic carbocycles. The molecular formula is C30H32N4O3S. The Labute approximate surface area is 226 Å². The van der Waals surface area contributed by atoms with Gasteiger partial charge in [0.25, 0.3) is 11.8 Å². The fourth-order valence-corrected chi connectivity index (χ4v) is 6.30. The lowest BCUT2D eigenvalue weighted by atomic mass is 9.93. The van der Waals surface area contributed by atoms with E-state index >= 15 is 0 Å². The summed E-state index contributed by atoms with van der Waals surface area (Å²) in [5.41, 5.74) is 2.53. The van der Waals surface area contributed by atoms with Gasteiger partial charge in [-0.25, -0.2) is 9.97 Å². The summed E-state index contributed by atoms with van der Waals surface area (Å²) in [6.07, 6.45) is 4.10. The molecule has 38 heavy (non-hydrogen) atoms. The number of fused-ring (bicyclic) bond motifs is 2. The van der Waals surface area contributed by atoms with Gasteiger partial charge in [0.05, 0.1) is 21.3 Å². The van der Waals surface area contributed by atoms with Crippen LogP contribution < -0.4 is 4.74 Å². The zero-order valence-electron chi connectivity index (χ0n) is 21.9. The Morgan fingerprint density at radius 1 is 0.921 bits per heavy atom. The first-order chi connectivity index (χ1) is 18.4. The third kappa shape index (κ3) is 4.97. The Kier molecular flexibility index (Phi) is 6.51. The second kappa shape index (κ2) is 9.98. The molecule has 196 valence electrons. The SMILES string of the molecule is CC1(C)CCN(C(=O)c2cc(C(=O)N3CCCCC3)c3cc(OCc4nc5ccccc5s4)ccc3n2)C1. The lowest BCUT2D eigenvalue weighted by molar-refractivity contribution is 0.0726. The van der Waals surface area contributed by atoms with E-state index < -0.39 is 0 Å². The van der Waals surface area contributed by atoms with Crippen LogP contribution in [0.1, 0.15) is 65.4 Å². The summed E-state index contributed by atoms with van der Waals surface area (Å²) in [6.45, 7) is 7.57. The summed E-state index contributed by atoms with van der Waals surface area (Å²) in [5.74, 6) is 0.490. The molecule has 0 N–H and O–H groups in total. The predicted molar refractivity (Wildman–Crippen MR) is 150 cm³/mol. The molecule has 0 radical (unpaired) electrons. The molecule has 2 amide bonds. The van der Waals surface area contributed by atoms with Crippen molar-refractivity contribution in [3.05, 3.63) is 64.8 Å². The number of ether oxygens (including phenoxy) is 1. The van der Waals surface area contributed by atoms with Crippen LogP contribution in [0, 0.1) is 5.41 Å². The monoisotopic (exact) mass is 528 g/mol. The highest BCUT2D eigenvalue weighted by atomic mass is 32.1. The van der Waals surface area contributed by atoms with Gasteiger partial charge in [-0.05, 0) is 67.5 Å². The van der Waals surface area contributed by atoms with Crippen molar-refractivity contribution >= 4 is 44.3 Å². The van der Waals surface area contributed by atoms with Crippen LogP contribution in [-0.2, 0) is 6.61 Å². The summed E-state index contributed by atoms with van der Waals surface area (Å²) >= 11 is 1.61. The first kappa shape index (κ1) is 24.8. The van der Waals surface area contributed by atoms with Crippen LogP contribution in [0.3, 0.4) is 0 Å². The van der Waals surface area contributed by atoms with E-state index in [1.807, 2.05) is 46.2 Å². The van der Waals surface area contributed by atoms with Gasteiger partial charge in [0.15, 0.2) is 0 Å². The third-order valence-corrected chi connectivity index (χ3v) is 8.55. The van der Waals surface area contributed by atoms with Crippen LogP contribution in [0.4, 0.5) is 0 Å². The Bertz CT molecular complexity index is 1490. The summed E-state index contributed by atoms with van der Waals surface area (Å²) in [4.78, 5) is 40.3. The second-order valence-electron chi connectivity index (χ2n) is 11.1. The van der Waals surface area contributed by atoms with Crippen molar-refractivity contribution in [2.75, 3.05) is 26.2 Å². The molecule has 0 atom stereocenters. The molecule has 2 aromatic heterocycles. The third-order valence-electron chi connectivity index (χ3n) is 7.54. The van der Waals surface area contributed by atoms with Crippen molar-refractivity contribution in [2.24, 2.45) is 5.41 Å². The largest absolute Gasteiger partial charge is 0.486 e. The van der Waals surface area contributed by atoms with Crippen molar-refractivity contribution in [2.45, 2.75) is 46.1 Å². The molecule has 7 nitrogen and oxygen atoms in total. The van der Waals surface area contributed by atoms with Crippen LogP contribution in [0.15, 0.2) is 48.5 Å². The molecule has 0 bridgehead atoms. The first-order valence-electron chi connectivity index (χ1n) is 13.4. The molecule has 6 rings (SSSR count). The fraction of sp³-hybridized carbons (Fsp3) is 0.400. The zero-order chi connectivity index (χ0) is 26.3. The molecule has 4 heterocycles. The molecular weight excluding hydrogens is 496 g/mol. The normalized spacial score (nSPS) is 17.3. The number of pyridine rings is 1. The van der Waals surface area contributed by atoms with E-state index in [9.17, 15) is 9.59 Å². The summed E-state index contributed by atoms with van der Waals surface area (Å²) in [7, 11) is 0. The van der Waals surface area contributed by atoms with E-state index in [1.165, 1.54) is 0 Å². The Balaban J connectivity index is 1.33. The number of piperidine rings is 1. The van der Waals surface area contributed by atoms with E-state index in [0.29, 0.717) is 47.6 Å². The van der Waals surface area contributed by atoms with E-state index in [2.05, 4.69) is 24.9 Å². The molecule has 2 aliphatic rings. The first-order valence-corrected chi connectivity index (χ1v) is 14.2. The van der Waals surface area contributed by atoms with Crippen LogP contribution in [0.5, 0.6) is 5.75 Å². The maximum atomic E-state index is 13.7. The van der Waals surface area contributed by atoms with Gasteiger partial charge in [-0.15, -0.1) is 11.3 Å². The molecule has 2 aromatic carbocycles. The average molecular weight is 529 g/mol. The van der Waals surface area contributed by atoms with Crippen LogP contribution in [-0.4, -0.2) is 57.8 Å². The molecule has 2 saturated heterocycles. The van der Waals surface area contributed by atoms with Gasteiger partial charge in [0.1, 0.15) is 23.1 Å². The van der Waals surface area contributed by atoms with Gasteiger partial charge in [0.2, 0.25) is 0 Å². The van der Waals surface area contributed by atoms with Crippen LogP contribution in [0.2, 0.25) is 0 Å². The van der Waals surface area contributed by atoms with Gasteiger partial charge < -0.3 is 14.5 Å². The number of carbonyl (C=O) groups is 2. The van der Waals surface area contributed by atoms with Gasteiger partial charge in [-0.3, -0.25) is 9.59 Å². The summed E-state index contributed by atoms with van der Waals surface area (Å²) in [6, 6.07) is 15.3. The maximum absolute atomic E-state index is 13.7. The molecule has 0 saturated carbocycles. The summed E-state index contributed by atoms with van der Waals surface area (Å²) in [5, 5.41) is 1.60. The number of para-hydroxylation sites is 1. The Hall–Kier alpha value is -3.52. The Morgan fingerprint density at radius 2 is 1.74 bits per heavy atom. The number of thiazole rings is 1. The van der Waals surface area contributed by atoms with Gasteiger partial charge in [-0.1, -0.05) is 26.0 Å². The number of carbonyl (C=O) groups excluding carboxylic acids is 2. The number of hydrogen-bond donors (Lipinski definition) is 0. The number of rotatable bonds is 5. The Morgan fingerprint density at radius 3 is 2.50 bits per heavy atom. The number of amides is 2. The van der Waals surface area contributed by atoms with Gasteiger partial charge in [0, 0.05) is 31.6 Å². The second-order valence-corrected chi connectivity index (χ2v) is 12.2. The molecule has 0 unspecified atom stereocenters. The molecule has 2 fully saturated rings. The van der Waals surface area contributed by atoms with E-state index in [4.69, 9.17) is 9.72 Å². The van der Waals surface area contributed by atoms with Crippen molar-refractivity contribution in [3.63, 3.8) is 0 Å². The highest BCUT2D eigenvalue weighted by Gasteiger charge is 2.33. The molecule has 2 aliphatic heterocycles. The summed E-state index contributed by atoms with van der Waals surface area (Å²) < 4.78 is 7.24. The minimum Gasteiger partial charge on any atom is -0.486 e. The van der Waals surface area contributed by atoms with Crippen molar-refractivity contribution in [1.29, 1.82) is 0 Å². The molecule has 0 spiro atoms. The van der Waals surface area contributed by atoms with Gasteiger partial charge in [-0.2, -0.15) is 0 Å². The quantitative estimate of drug-likeness (QED) is 0.321. The number of hydrogen-bond acceptors (Lipinski definition) is 6. The predicted octanol–water partition coefficient (Wildman–Crippen LogP) is 5.92. The fourth-order valence-electron chi connectivity index (χ4n) is 5.42. The van der Waals surface area contributed by atoms with Gasteiger partial charge >= 0.3 is 0 Å². The minimum atomic E-state index is -0.110. The maximum Gasteiger partial charge on any atom is 0.272 e.